The van der Waals surface area contributed by atoms with Gasteiger partial charge in [-0.1, -0.05) is 0 Å². The molecular weight excluding hydrogens is 567 g/mol. The van der Waals surface area contributed by atoms with Gasteiger partial charge in [0.1, 0.15) is 0 Å². The molecule has 0 aliphatic carbocycles. The molecule has 2 aromatic rings. The van der Waals surface area contributed by atoms with Crippen molar-refractivity contribution >= 4 is 22.2 Å². The summed E-state index contributed by atoms with van der Waals surface area (Å²) in [5.41, 5.74) is -14.8. The molecule has 0 aromatic heterocycles. The fourth-order valence-corrected chi connectivity index (χ4v) is 13.4. The van der Waals surface area contributed by atoms with Crippen molar-refractivity contribution < 1.29 is 64.2 Å². The Hall–Kier alpha value is -1.96. The van der Waals surface area contributed by atoms with Crippen molar-refractivity contribution in [2.24, 2.45) is 0 Å². The quantitative estimate of drug-likeness (QED) is 0.374. The standard InChI is InChI=1S/C18H9AsF12O3/c20-15(21,22)13(16(23,24)25)9-5-1-3-7-11(9)19(32,33-13)12-8-4-2-6-10(12)14(34-19,17(26,27)28)18(29,30)31/h1-8,32H. The van der Waals surface area contributed by atoms with Crippen molar-refractivity contribution in [3.05, 3.63) is 59.7 Å². The Labute approximate surface area is 182 Å². The minimum absolute atomic E-state index is 0.152. The summed E-state index contributed by atoms with van der Waals surface area (Å²) in [7, 11) is 0. The van der Waals surface area contributed by atoms with E-state index in [2.05, 4.69) is 7.45 Å². The van der Waals surface area contributed by atoms with Gasteiger partial charge in [-0.05, 0) is 0 Å². The van der Waals surface area contributed by atoms with Crippen LogP contribution in [0.25, 0.3) is 0 Å². The molecule has 34 heavy (non-hydrogen) atoms. The monoisotopic (exact) mass is 576 g/mol. The van der Waals surface area contributed by atoms with Crippen LogP contribution in [0.1, 0.15) is 11.1 Å². The van der Waals surface area contributed by atoms with E-state index in [0.717, 1.165) is 12.1 Å². The molecule has 1 N–H and O–H groups in total. The summed E-state index contributed by atoms with van der Waals surface area (Å²) in [6, 6.07) is 3.67. The summed E-state index contributed by atoms with van der Waals surface area (Å²) in [4.78, 5) is 0. The van der Waals surface area contributed by atoms with E-state index >= 15 is 0 Å². The summed E-state index contributed by atoms with van der Waals surface area (Å²) < 4.78 is 185. The molecule has 0 saturated heterocycles. The topological polar surface area (TPSA) is 38.7 Å². The normalized spacial score (nSPS) is 23.7. The Morgan fingerprint density at radius 1 is 0.529 bits per heavy atom. The van der Waals surface area contributed by atoms with Crippen molar-refractivity contribution in [1.82, 2.24) is 0 Å². The molecule has 0 atom stereocenters. The zero-order chi connectivity index (χ0) is 25.8. The molecule has 0 radical (unpaired) electrons. The predicted octanol–water partition coefficient (Wildman–Crippen LogP) is 4.39. The Bertz CT molecular complexity index is 1050. The van der Waals surface area contributed by atoms with E-state index in [0.29, 0.717) is 24.3 Å². The average molecular weight is 576 g/mol. The summed E-state index contributed by atoms with van der Waals surface area (Å²) in [5.74, 6) is 0. The molecule has 1 spiro atoms. The second-order valence-corrected chi connectivity index (χ2v) is 14.1. The van der Waals surface area contributed by atoms with Crippen LogP contribution in [-0.4, -0.2) is 42.3 Å². The number of rotatable bonds is 0. The van der Waals surface area contributed by atoms with Gasteiger partial charge in [0.15, 0.2) is 0 Å². The van der Waals surface area contributed by atoms with Crippen LogP contribution in [0.4, 0.5) is 52.7 Å². The van der Waals surface area contributed by atoms with Gasteiger partial charge in [-0.2, -0.15) is 0 Å². The van der Waals surface area contributed by atoms with E-state index in [1.165, 1.54) is 0 Å². The van der Waals surface area contributed by atoms with Crippen molar-refractivity contribution in [1.29, 1.82) is 0 Å². The first-order valence-corrected chi connectivity index (χ1v) is 13.1. The first-order chi connectivity index (χ1) is 15.2. The molecular formula is C18H9AsF12O3. The summed E-state index contributed by atoms with van der Waals surface area (Å²) in [6.45, 7) is 0. The second-order valence-electron chi connectivity index (χ2n) is 7.49. The Balaban J connectivity index is 2.22. The van der Waals surface area contributed by atoms with Gasteiger partial charge < -0.3 is 0 Å². The third-order valence-electron chi connectivity index (χ3n) is 5.63. The van der Waals surface area contributed by atoms with Crippen LogP contribution >= 0.6 is 0 Å². The second kappa shape index (κ2) is 6.42. The third kappa shape index (κ3) is 2.64. The van der Waals surface area contributed by atoms with Crippen molar-refractivity contribution in [2.75, 3.05) is 0 Å². The number of fused-ring (bicyclic) bond motifs is 4. The first-order valence-electron chi connectivity index (χ1n) is 8.84. The Morgan fingerprint density at radius 3 is 1.06 bits per heavy atom. The van der Waals surface area contributed by atoms with E-state index in [9.17, 15) is 56.8 Å². The van der Waals surface area contributed by atoms with Gasteiger partial charge in [0, 0.05) is 0 Å². The number of benzene rings is 2. The summed E-state index contributed by atoms with van der Waals surface area (Å²) >= 11 is -8.20. The number of alkyl halides is 12. The van der Waals surface area contributed by atoms with Crippen LogP contribution < -0.4 is 8.70 Å². The van der Waals surface area contributed by atoms with E-state index < -0.39 is 69.2 Å². The fraction of sp³-hybridized carbons (Fsp3) is 0.333. The SMILES string of the molecule is O[As]12(OC(C(F)(F)F)(C(F)(F)F)c3ccccc31)OC(C(F)(F)F)(C(F)(F)F)c1ccccc12. The molecule has 2 aliphatic rings. The van der Waals surface area contributed by atoms with Crippen molar-refractivity contribution in [2.45, 2.75) is 35.9 Å². The Morgan fingerprint density at radius 2 is 0.794 bits per heavy atom. The minimum atomic E-state index is -8.20. The molecule has 0 saturated carbocycles. The fourth-order valence-electron chi connectivity index (χ4n) is 4.32. The molecule has 4 rings (SSSR count). The number of hydrogen-bond acceptors (Lipinski definition) is 3. The summed E-state index contributed by atoms with van der Waals surface area (Å²) in [6.07, 6.45) is -25.9. The van der Waals surface area contributed by atoms with Crippen LogP contribution in [0, 0.1) is 0 Å². The van der Waals surface area contributed by atoms with Gasteiger partial charge in [-0.25, -0.2) is 0 Å². The van der Waals surface area contributed by atoms with Crippen LogP contribution in [0.3, 0.4) is 0 Å². The van der Waals surface area contributed by atoms with E-state index in [1.54, 1.807) is 0 Å². The molecule has 188 valence electrons. The zero-order valence-electron chi connectivity index (χ0n) is 15.9. The molecule has 2 aromatic carbocycles. The van der Waals surface area contributed by atoms with Gasteiger partial charge in [0.25, 0.3) is 0 Å². The Kier molecular flexibility index (Phi) is 4.75. The van der Waals surface area contributed by atoms with Gasteiger partial charge in [0.2, 0.25) is 0 Å². The molecule has 16 heteroatoms. The van der Waals surface area contributed by atoms with Crippen molar-refractivity contribution in [3.63, 3.8) is 0 Å². The van der Waals surface area contributed by atoms with Crippen molar-refractivity contribution in [3.8, 4) is 0 Å². The molecule has 0 bridgehead atoms. The molecule has 2 heterocycles. The summed E-state index contributed by atoms with van der Waals surface area (Å²) in [5, 5.41) is 0. The molecule has 0 unspecified atom stereocenters. The molecule has 3 nitrogen and oxygen atoms in total. The van der Waals surface area contributed by atoms with Gasteiger partial charge in [-0.3, -0.25) is 0 Å². The first kappa shape index (κ1) is 25.1. The van der Waals surface area contributed by atoms with Crippen LogP contribution in [-0.2, 0) is 18.7 Å². The number of hydrogen-bond donors (Lipinski definition) is 1. The van der Waals surface area contributed by atoms with E-state index in [-0.39, 0.29) is 12.1 Å². The molecule has 0 amide bonds. The molecule has 2 aliphatic heterocycles. The zero-order valence-corrected chi connectivity index (χ0v) is 17.7. The molecule has 0 fully saturated rings. The maximum absolute atomic E-state index is 14.0. The third-order valence-corrected chi connectivity index (χ3v) is 13.4. The predicted molar refractivity (Wildman–Crippen MR) is 89.9 cm³/mol. The van der Waals surface area contributed by atoms with Crippen LogP contribution in [0.5, 0.6) is 0 Å². The van der Waals surface area contributed by atoms with Gasteiger partial charge >= 0.3 is 182 Å². The van der Waals surface area contributed by atoms with Gasteiger partial charge in [-0.15, -0.1) is 0 Å². The van der Waals surface area contributed by atoms with Crippen LogP contribution in [0.2, 0.25) is 0 Å². The van der Waals surface area contributed by atoms with E-state index in [4.69, 9.17) is 0 Å². The number of halogens is 12. The maximum atomic E-state index is 14.0. The van der Waals surface area contributed by atoms with Crippen LogP contribution in [0.15, 0.2) is 48.5 Å². The van der Waals surface area contributed by atoms with E-state index in [1.807, 2.05) is 0 Å². The van der Waals surface area contributed by atoms with Gasteiger partial charge in [0.05, 0.1) is 0 Å². The average Bonchev–Trinajstić information content (AvgIpc) is 3.08.